The molecule has 1 rings (SSSR count). The lowest BCUT2D eigenvalue weighted by atomic mass is 10.1. The van der Waals surface area contributed by atoms with Gasteiger partial charge in [0.15, 0.2) is 0 Å². The maximum Gasteiger partial charge on any atom is 0.328 e. The first-order valence-electron chi connectivity index (χ1n) is 5.12. The van der Waals surface area contributed by atoms with Crippen LogP contribution in [-0.4, -0.2) is 34.6 Å². The van der Waals surface area contributed by atoms with Crippen molar-refractivity contribution in [3.05, 3.63) is 24.2 Å². The van der Waals surface area contributed by atoms with Crippen molar-refractivity contribution in [2.45, 2.75) is 25.9 Å². The van der Waals surface area contributed by atoms with Gasteiger partial charge in [-0.15, -0.1) is 0 Å². The number of nitrogens with zero attached hydrogens (tertiary/aromatic N) is 1. The van der Waals surface area contributed by atoms with E-state index in [4.69, 9.17) is 9.52 Å². The van der Waals surface area contributed by atoms with Crippen molar-refractivity contribution < 1.29 is 19.1 Å². The third-order valence-corrected chi connectivity index (χ3v) is 2.27. The molecule has 0 saturated heterocycles. The minimum atomic E-state index is -1.30. The molecule has 0 bridgehead atoms. The van der Waals surface area contributed by atoms with Gasteiger partial charge in [0.25, 0.3) is 0 Å². The van der Waals surface area contributed by atoms with E-state index in [9.17, 15) is 9.59 Å². The van der Waals surface area contributed by atoms with Gasteiger partial charge in [0.2, 0.25) is 0 Å². The second kappa shape index (κ2) is 4.90. The maximum absolute atomic E-state index is 11.7. The Balaban J connectivity index is 2.56. The van der Waals surface area contributed by atoms with Gasteiger partial charge in [0.1, 0.15) is 11.3 Å². The van der Waals surface area contributed by atoms with Gasteiger partial charge in [-0.3, -0.25) is 0 Å². The van der Waals surface area contributed by atoms with Gasteiger partial charge >= 0.3 is 12.0 Å². The van der Waals surface area contributed by atoms with Crippen LogP contribution in [0.3, 0.4) is 0 Å². The number of carboxylic acids is 1. The van der Waals surface area contributed by atoms with Crippen LogP contribution in [-0.2, 0) is 11.3 Å². The average Bonchev–Trinajstić information content (AvgIpc) is 2.69. The van der Waals surface area contributed by atoms with Crippen LogP contribution in [0.4, 0.5) is 4.79 Å². The van der Waals surface area contributed by atoms with Gasteiger partial charge in [-0.1, -0.05) is 0 Å². The zero-order valence-electron chi connectivity index (χ0n) is 10.1. The van der Waals surface area contributed by atoms with E-state index in [1.165, 1.54) is 25.0 Å². The van der Waals surface area contributed by atoms with Crippen molar-refractivity contribution in [3.63, 3.8) is 0 Å². The first-order valence-corrected chi connectivity index (χ1v) is 5.12. The Kier molecular flexibility index (Phi) is 3.77. The Bertz CT molecular complexity index is 398. The summed E-state index contributed by atoms with van der Waals surface area (Å²) >= 11 is 0. The number of carboxylic acid groups (broad SMARTS) is 1. The van der Waals surface area contributed by atoms with Gasteiger partial charge in [0.05, 0.1) is 12.8 Å². The fraction of sp³-hybridized carbons (Fsp3) is 0.455. The molecule has 0 saturated carbocycles. The highest BCUT2D eigenvalue weighted by atomic mass is 16.4. The zero-order valence-corrected chi connectivity index (χ0v) is 10.1. The maximum atomic E-state index is 11.7. The van der Waals surface area contributed by atoms with Crippen LogP contribution >= 0.6 is 0 Å². The van der Waals surface area contributed by atoms with Crippen LogP contribution in [0.25, 0.3) is 0 Å². The molecule has 6 heteroatoms. The monoisotopic (exact) mass is 240 g/mol. The van der Waals surface area contributed by atoms with Crippen molar-refractivity contribution in [2.24, 2.45) is 0 Å². The Labute approximate surface area is 99.2 Å². The van der Waals surface area contributed by atoms with Crippen LogP contribution in [0.2, 0.25) is 0 Å². The zero-order chi connectivity index (χ0) is 13.1. The van der Waals surface area contributed by atoms with E-state index in [0.29, 0.717) is 5.76 Å². The van der Waals surface area contributed by atoms with Gasteiger partial charge < -0.3 is 19.7 Å². The molecule has 1 aromatic heterocycles. The Hall–Kier alpha value is -1.98. The fourth-order valence-electron chi connectivity index (χ4n) is 1.12. The van der Waals surface area contributed by atoms with Crippen LogP contribution in [0.5, 0.6) is 0 Å². The summed E-state index contributed by atoms with van der Waals surface area (Å²) in [5, 5.41) is 11.3. The summed E-state index contributed by atoms with van der Waals surface area (Å²) in [6.45, 7) is 3.14. The summed E-state index contributed by atoms with van der Waals surface area (Å²) in [6, 6.07) is 3.00. The minimum Gasteiger partial charge on any atom is -0.480 e. The van der Waals surface area contributed by atoms with Crippen molar-refractivity contribution in [2.75, 3.05) is 7.05 Å². The van der Waals surface area contributed by atoms with Crippen LogP contribution in [0.1, 0.15) is 19.6 Å². The molecule has 0 aromatic carbocycles. The molecule has 2 N–H and O–H groups in total. The van der Waals surface area contributed by atoms with E-state index in [1.54, 1.807) is 19.2 Å². The number of carbonyl (C=O) groups excluding carboxylic acids is 1. The molecular formula is C11H16N2O4. The number of hydrogen-bond acceptors (Lipinski definition) is 3. The summed E-state index contributed by atoms with van der Waals surface area (Å²) < 4.78 is 5.09. The molecule has 0 aliphatic rings. The van der Waals surface area contributed by atoms with E-state index in [1.807, 2.05) is 0 Å². The standard InChI is InChI=1S/C11H16N2O4/c1-11(2,9(14)15)12-10(16)13(3)7-8-5-4-6-17-8/h4-6H,7H2,1-3H3,(H,12,16)(H,14,15). The lowest BCUT2D eigenvalue weighted by Crippen LogP contribution is -2.53. The first-order chi connectivity index (χ1) is 7.83. The number of amides is 2. The number of nitrogens with one attached hydrogen (secondary N) is 1. The van der Waals surface area contributed by atoms with E-state index >= 15 is 0 Å². The molecule has 6 nitrogen and oxygen atoms in total. The van der Waals surface area contributed by atoms with E-state index in [2.05, 4.69) is 5.32 Å². The first kappa shape index (κ1) is 13.1. The molecule has 2 amide bonds. The SMILES string of the molecule is CN(Cc1ccco1)C(=O)NC(C)(C)C(=O)O. The highest BCUT2D eigenvalue weighted by Gasteiger charge is 2.30. The van der Waals surface area contributed by atoms with Gasteiger partial charge in [-0.2, -0.15) is 0 Å². The molecule has 0 unspecified atom stereocenters. The smallest absolute Gasteiger partial charge is 0.328 e. The molecule has 1 aromatic rings. The highest BCUT2D eigenvalue weighted by molar-refractivity contribution is 5.85. The van der Waals surface area contributed by atoms with Crippen molar-refractivity contribution in [1.82, 2.24) is 10.2 Å². The van der Waals surface area contributed by atoms with E-state index in [0.717, 1.165) is 0 Å². The summed E-state index contributed by atoms with van der Waals surface area (Å²) in [5.74, 6) is -0.451. The quantitative estimate of drug-likeness (QED) is 0.830. The Morgan fingerprint density at radius 2 is 2.18 bits per heavy atom. The van der Waals surface area contributed by atoms with Crippen molar-refractivity contribution in [1.29, 1.82) is 0 Å². The van der Waals surface area contributed by atoms with Crippen molar-refractivity contribution >= 4 is 12.0 Å². The second-order valence-corrected chi connectivity index (χ2v) is 4.30. The molecule has 1 heterocycles. The molecule has 0 aliphatic heterocycles. The van der Waals surface area contributed by atoms with Crippen LogP contribution in [0.15, 0.2) is 22.8 Å². The molecule has 94 valence electrons. The third kappa shape index (κ3) is 3.51. The van der Waals surface area contributed by atoms with E-state index in [-0.39, 0.29) is 6.54 Å². The summed E-state index contributed by atoms with van der Waals surface area (Å²) in [6.07, 6.45) is 1.52. The molecule has 17 heavy (non-hydrogen) atoms. The number of furan rings is 1. The third-order valence-electron chi connectivity index (χ3n) is 2.27. The number of hydrogen-bond donors (Lipinski definition) is 2. The average molecular weight is 240 g/mol. The number of rotatable bonds is 4. The van der Waals surface area contributed by atoms with Crippen LogP contribution in [0, 0.1) is 0 Å². The summed E-state index contributed by atoms with van der Waals surface area (Å²) in [4.78, 5) is 23.9. The van der Waals surface area contributed by atoms with Gasteiger partial charge in [-0.05, 0) is 26.0 Å². The number of carbonyl (C=O) groups is 2. The number of urea groups is 1. The predicted octanol–water partition coefficient (Wildman–Crippen LogP) is 1.28. The molecule has 0 radical (unpaired) electrons. The lowest BCUT2D eigenvalue weighted by Gasteiger charge is -2.25. The molecule has 0 fully saturated rings. The number of aliphatic carboxylic acids is 1. The molecular weight excluding hydrogens is 224 g/mol. The summed E-state index contributed by atoms with van der Waals surface area (Å²) in [5.41, 5.74) is -1.30. The van der Waals surface area contributed by atoms with E-state index < -0.39 is 17.5 Å². The largest absolute Gasteiger partial charge is 0.480 e. The van der Waals surface area contributed by atoms with Gasteiger partial charge in [0, 0.05) is 7.05 Å². The normalized spacial score (nSPS) is 11.0. The molecule has 0 spiro atoms. The fourth-order valence-corrected chi connectivity index (χ4v) is 1.12. The minimum absolute atomic E-state index is 0.286. The summed E-state index contributed by atoms with van der Waals surface area (Å²) in [7, 11) is 1.57. The Morgan fingerprint density at radius 3 is 2.65 bits per heavy atom. The topological polar surface area (TPSA) is 82.8 Å². The highest BCUT2D eigenvalue weighted by Crippen LogP contribution is 2.06. The van der Waals surface area contributed by atoms with Crippen molar-refractivity contribution in [3.8, 4) is 0 Å². The van der Waals surface area contributed by atoms with Gasteiger partial charge in [-0.25, -0.2) is 9.59 Å². The Morgan fingerprint density at radius 1 is 1.53 bits per heavy atom. The molecule has 0 atom stereocenters. The molecule has 0 aliphatic carbocycles. The predicted molar refractivity (Wildman–Crippen MR) is 60.4 cm³/mol. The van der Waals surface area contributed by atoms with Crippen LogP contribution < -0.4 is 5.32 Å². The second-order valence-electron chi connectivity index (χ2n) is 4.30. The lowest BCUT2D eigenvalue weighted by molar-refractivity contribution is -0.143.